The van der Waals surface area contributed by atoms with Crippen LogP contribution in [0.3, 0.4) is 0 Å². The van der Waals surface area contributed by atoms with Crippen LogP contribution >= 0.6 is 0 Å². The van der Waals surface area contributed by atoms with Gasteiger partial charge in [-0.15, -0.1) is 0 Å². The number of aliphatic hydroxyl groups is 1. The molecule has 1 saturated heterocycles. The van der Waals surface area contributed by atoms with E-state index in [1.54, 1.807) is 0 Å². The Morgan fingerprint density at radius 1 is 0.974 bits per heavy atom. The van der Waals surface area contributed by atoms with Gasteiger partial charge >= 0.3 is 0 Å². The molecule has 0 bridgehead atoms. The van der Waals surface area contributed by atoms with Gasteiger partial charge in [-0.3, -0.25) is 0 Å². The van der Waals surface area contributed by atoms with E-state index < -0.39 is 10.0 Å². The van der Waals surface area contributed by atoms with Crippen molar-refractivity contribution in [3.05, 3.63) is 95.1 Å². The highest BCUT2D eigenvalue weighted by Crippen LogP contribution is 2.39. The maximum absolute atomic E-state index is 11.8. The number of aliphatic hydroxyl groups excluding tert-OH is 1. The molecule has 0 aromatic heterocycles. The third kappa shape index (κ3) is 6.92. The molecule has 1 heterocycles. The Balaban J connectivity index is 1.46. The summed E-state index contributed by atoms with van der Waals surface area (Å²) in [7, 11) is -3.28. The molecule has 38 heavy (non-hydrogen) atoms. The zero-order valence-corrected chi connectivity index (χ0v) is 23.2. The topological polar surface area (TPSA) is 69.6 Å². The molecule has 1 atom stereocenters. The number of nitrogens with zero attached hydrogens (tertiary/aromatic N) is 1. The van der Waals surface area contributed by atoms with Crippen LogP contribution in [0.1, 0.15) is 67.6 Å². The first-order valence-electron chi connectivity index (χ1n) is 14.0. The highest BCUT2D eigenvalue weighted by Gasteiger charge is 2.32. The van der Waals surface area contributed by atoms with Crippen LogP contribution in [0, 0.1) is 0 Å². The zero-order chi connectivity index (χ0) is 26.5. The Bertz CT molecular complexity index is 1280. The Morgan fingerprint density at radius 3 is 2.26 bits per heavy atom. The van der Waals surface area contributed by atoms with E-state index in [1.165, 1.54) is 56.2 Å². The van der Waals surface area contributed by atoms with E-state index in [0.29, 0.717) is 18.8 Å². The first-order chi connectivity index (χ1) is 18.4. The monoisotopic (exact) mass is 532 g/mol. The number of hydrogen-bond donors (Lipinski definition) is 2. The van der Waals surface area contributed by atoms with Crippen molar-refractivity contribution in [2.45, 2.75) is 62.9 Å². The zero-order valence-electron chi connectivity index (χ0n) is 22.4. The lowest BCUT2D eigenvalue weighted by Crippen LogP contribution is -2.34. The third-order valence-corrected chi connectivity index (χ3v) is 8.76. The summed E-state index contributed by atoms with van der Waals surface area (Å²) in [5, 5.41) is 9.69. The molecule has 1 aliphatic heterocycles. The molecule has 2 fully saturated rings. The molecule has 2 aromatic carbocycles. The summed E-state index contributed by atoms with van der Waals surface area (Å²) < 4.78 is 26.2. The lowest BCUT2D eigenvalue weighted by molar-refractivity contribution is 0.203. The van der Waals surface area contributed by atoms with Crippen molar-refractivity contribution in [2.75, 3.05) is 26.0 Å². The summed E-state index contributed by atoms with van der Waals surface area (Å²) in [6, 6.07) is 20.2. The normalized spacial score (nSPS) is 21.7. The van der Waals surface area contributed by atoms with Crippen molar-refractivity contribution in [3.8, 4) is 0 Å². The maximum Gasteiger partial charge on any atom is 0.209 e. The Hall–Kier alpha value is -2.51. The average Bonchev–Trinajstić information content (AvgIpc) is 3.78. The van der Waals surface area contributed by atoms with Gasteiger partial charge in [-0.05, 0) is 97.4 Å². The van der Waals surface area contributed by atoms with E-state index in [2.05, 4.69) is 64.2 Å². The lowest BCUT2D eigenvalue weighted by Gasteiger charge is -2.32. The molecular formula is C32H40N2O3S. The number of hydrogen-bond acceptors (Lipinski definition) is 4. The largest absolute Gasteiger partial charge is 0.396 e. The molecule has 0 radical (unpaired) electrons. The molecule has 2 N–H and O–H groups in total. The van der Waals surface area contributed by atoms with Crippen LogP contribution in [0.4, 0.5) is 0 Å². The van der Waals surface area contributed by atoms with Gasteiger partial charge in [-0.2, -0.15) is 0 Å². The summed E-state index contributed by atoms with van der Waals surface area (Å²) >= 11 is 0. The first-order valence-corrected chi connectivity index (χ1v) is 15.9. The molecule has 0 amide bonds. The van der Waals surface area contributed by atoms with Crippen LogP contribution in [0.15, 0.2) is 78.4 Å². The van der Waals surface area contributed by atoms with Crippen molar-refractivity contribution in [2.24, 2.45) is 0 Å². The van der Waals surface area contributed by atoms with Crippen molar-refractivity contribution < 1.29 is 13.5 Å². The fourth-order valence-electron chi connectivity index (χ4n) is 5.95. The van der Waals surface area contributed by atoms with E-state index in [4.69, 9.17) is 0 Å². The predicted molar refractivity (Wildman–Crippen MR) is 156 cm³/mol. The van der Waals surface area contributed by atoms with Crippen molar-refractivity contribution >= 4 is 21.2 Å². The highest BCUT2D eigenvalue weighted by atomic mass is 32.2. The van der Waals surface area contributed by atoms with Gasteiger partial charge in [0.15, 0.2) is 0 Å². The van der Waals surface area contributed by atoms with Crippen LogP contribution in [-0.2, 0) is 10.0 Å². The van der Waals surface area contributed by atoms with Gasteiger partial charge in [0.2, 0.25) is 10.0 Å². The van der Waals surface area contributed by atoms with Gasteiger partial charge in [0.1, 0.15) is 0 Å². The Labute approximate surface area is 228 Å². The first kappa shape index (κ1) is 27.1. The van der Waals surface area contributed by atoms with Crippen molar-refractivity contribution in [1.29, 1.82) is 0 Å². The number of nitrogens with one attached hydrogen (secondary N) is 1. The Kier molecular flexibility index (Phi) is 8.64. The molecule has 1 saturated carbocycles. The van der Waals surface area contributed by atoms with E-state index in [9.17, 15) is 13.5 Å². The van der Waals surface area contributed by atoms with Crippen LogP contribution in [-0.4, -0.2) is 56.5 Å². The highest BCUT2D eigenvalue weighted by molar-refractivity contribution is 7.88. The smallest absolute Gasteiger partial charge is 0.209 e. The molecule has 5 rings (SSSR count). The molecule has 3 aliphatic rings. The summed E-state index contributed by atoms with van der Waals surface area (Å²) in [5.74, 6) is 0.617. The van der Waals surface area contributed by atoms with Crippen LogP contribution in [0.5, 0.6) is 0 Å². The fraction of sp³-hybridized carbons (Fsp3) is 0.438. The summed E-state index contributed by atoms with van der Waals surface area (Å²) in [4.78, 5) is 2.67. The number of piperidine rings is 1. The second-order valence-corrected chi connectivity index (χ2v) is 12.7. The average molecular weight is 533 g/mol. The van der Waals surface area contributed by atoms with Gasteiger partial charge in [-0.25, -0.2) is 13.1 Å². The lowest BCUT2D eigenvalue weighted by atomic mass is 9.83. The molecule has 1 unspecified atom stereocenters. The van der Waals surface area contributed by atoms with Gasteiger partial charge in [0.05, 0.1) is 6.26 Å². The second kappa shape index (κ2) is 12.1. The third-order valence-electron chi connectivity index (χ3n) is 8.03. The predicted octanol–water partition coefficient (Wildman–Crippen LogP) is 5.52. The molecule has 6 heteroatoms. The quantitative estimate of drug-likeness (QED) is 0.396. The van der Waals surface area contributed by atoms with Crippen molar-refractivity contribution in [1.82, 2.24) is 9.62 Å². The molecule has 2 aromatic rings. The van der Waals surface area contributed by atoms with E-state index >= 15 is 0 Å². The summed E-state index contributed by atoms with van der Waals surface area (Å²) in [6.45, 7) is 2.56. The Morgan fingerprint density at radius 2 is 1.68 bits per heavy atom. The number of sulfonamides is 1. The van der Waals surface area contributed by atoms with E-state index in [1.807, 2.05) is 18.2 Å². The van der Waals surface area contributed by atoms with Gasteiger partial charge in [0, 0.05) is 18.7 Å². The van der Waals surface area contributed by atoms with Gasteiger partial charge in [0.25, 0.3) is 0 Å². The standard InChI is InChI=1S/C32H40N2O3S/c1-38(36,37)33-29-15-13-28(14-16-29)32(31(8-5-23-35)26-6-3-2-4-7-26)27-11-9-24(10-12-27)25-19-21-34(22-20-25)30-17-18-30/h2-4,6-7,9-15,25,29-30,33,35H,5,8,16-23H2,1H3/b32-31+. The SMILES string of the molecule is CS(=O)(=O)NC1C=CC(/C(=C(\CCCO)c2ccccc2)c2ccc(C3CCN(C4CC4)CC3)cc2)=CC1. The van der Waals surface area contributed by atoms with Gasteiger partial charge < -0.3 is 10.0 Å². The minimum absolute atomic E-state index is 0.136. The summed E-state index contributed by atoms with van der Waals surface area (Å²) in [5.41, 5.74) is 7.19. The number of likely N-dealkylation sites (tertiary alicyclic amines) is 1. The molecule has 202 valence electrons. The van der Waals surface area contributed by atoms with Crippen LogP contribution in [0.2, 0.25) is 0 Å². The van der Waals surface area contributed by atoms with Crippen LogP contribution in [0.25, 0.3) is 11.1 Å². The molecule has 5 nitrogen and oxygen atoms in total. The fourth-order valence-corrected chi connectivity index (χ4v) is 6.68. The second-order valence-electron chi connectivity index (χ2n) is 11.0. The number of rotatable bonds is 10. The summed E-state index contributed by atoms with van der Waals surface area (Å²) in [6.07, 6.45) is 14.6. The maximum atomic E-state index is 11.8. The van der Waals surface area contributed by atoms with Gasteiger partial charge in [-0.1, -0.05) is 72.8 Å². The number of allylic oxidation sites excluding steroid dienone is 4. The van der Waals surface area contributed by atoms with Crippen LogP contribution < -0.4 is 4.72 Å². The molecule has 2 aliphatic carbocycles. The molecular weight excluding hydrogens is 492 g/mol. The minimum Gasteiger partial charge on any atom is -0.396 e. The van der Waals surface area contributed by atoms with E-state index in [0.717, 1.165) is 34.7 Å². The molecule has 0 spiro atoms. The van der Waals surface area contributed by atoms with Crippen molar-refractivity contribution in [3.63, 3.8) is 0 Å². The number of benzene rings is 2. The minimum atomic E-state index is -3.28. The van der Waals surface area contributed by atoms with E-state index in [-0.39, 0.29) is 12.6 Å².